The predicted molar refractivity (Wildman–Crippen MR) is 234 cm³/mol. The van der Waals surface area contributed by atoms with Crippen LogP contribution in [0.4, 0.5) is 0 Å². The van der Waals surface area contributed by atoms with Gasteiger partial charge in [-0.05, 0) is 135 Å². The van der Waals surface area contributed by atoms with E-state index in [0.717, 1.165) is 11.1 Å². The number of rotatable bonds is 7. The molecule has 0 unspecified atom stereocenters. The summed E-state index contributed by atoms with van der Waals surface area (Å²) in [6, 6.07) is -1.53. The number of fused-ring (bicyclic) bond motifs is 2. The van der Waals surface area contributed by atoms with Gasteiger partial charge in [0.25, 0.3) is 47.3 Å². The number of hydrogen-bond acceptors (Lipinski definition) is 8. The molecule has 8 amide bonds. The largest absolute Gasteiger partial charge is 0.272 e. The summed E-state index contributed by atoms with van der Waals surface area (Å²) in [6.07, 6.45) is 3.52. The van der Waals surface area contributed by atoms with E-state index in [1.165, 1.54) is 26.8 Å². The quantitative estimate of drug-likeness (QED) is 0.303. The van der Waals surface area contributed by atoms with Crippen molar-refractivity contribution in [3.8, 4) is 0 Å². The van der Waals surface area contributed by atoms with Crippen molar-refractivity contribution in [3.05, 3.63) is 77.9 Å². The first kappa shape index (κ1) is 43.3. The maximum Gasteiger partial charge on any atom is 0.262 e. The molecule has 0 bridgehead atoms. The Morgan fingerprint density at radius 1 is 0.419 bits per heavy atom. The summed E-state index contributed by atoms with van der Waals surface area (Å²) in [6.45, 7) is 17.9. The van der Waals surface area contributed by atoms with Crippen LogP contribution in [-0.2, 0) is 24.6 Å². The fraction of sp³-hybridized carbons (Fsp3) is 0.489. The Bertz CT molecular complexity index is 2540. The molecule has 4 aliphatic heterocycles. The zero-order valence-corrected chi connectivity index (χ0v) is 37.3. The molecule has 2 saturated carbocycles. The Kier molecular flexibility index (Phi) is 10.4. The normalized spacial score (nSPS) is 24.5. The first-order valence-corrected chi connectivity index (χ1v) is 21.6. The number of benzene rings is 2. The molecule has 2 aliphatic carbocycles. The third-order valence-corrected chi connectivity index (χ3v) is 15.4. The Morgan fingerprint density at radius 3 is 1.08 bits per heavy atom. The van der Waals surface area contributed by atoms with E-state index in [9.17, 15) is 38.4 Å². The smallest absolute Gasteiger partial charge is 0.262 e. The first-order chi connectivity index (χ1) is 29.1. The highest BCUT2D eigenvalue weighted by Crippen LogP contribution is 2.45. The molecule has 4 heterocycles. The van der Waals surface area contributed by atoms with E-state index in [4.69, 9.17) is 15.6 Å². The van der Waals surface area contributed by atoms with Crippen LogP contribution in [0.3, 0.4) is 0 Å². The maximum absolute atomic E-state index is 14.6. The standard InChI is InChI=1S/C47H50B3N4O8/c1-19-20(2)35(25(7)32-31(19)43(59)53(44(32)60)29-15-11-27(12-16-29)51-39(55)21(3)22(4)40(51)56)47(9,10)36-26(8)38(50-49)34-33(37(36)48)45(61)54(46(34)62)30-17-13-28(14-18-30)52-41(57)23(5)24(6)42(52)58/h27-30H,11-18H2,1-10H3. The molecule has 15 heteroatoms. The molecule has 62 heavy (non-hydrogen) atoms. The first-order valence-electron chi connectivity index (χ1n) is 21.6. The molecule has 2 aromatic rings. The van der Waals surface area contributed by atoms with Gasteiger partial charge in [-0.25, -0.2) is 0 Å². The van der Waals surface area contributed by atoms with Gasteiger partial charge < -0.3 is 0 Å². The van der Waals surface area contributed by atoms with Gasteiger partial charge in [-0.15, -0.1) is 0 Å². The van der Waals surface area contributed by atoms with E-state index in [0.29, 0.717) is 113 Å². The summed E-state index contributed by atoms with van der Waals surface area (Å²) in [5, 5.41) is 0. The lowest BCUT2D eigenvalue weighted by molar-refractivity contribution is -0.142. The molecular formula is C47H50B3N4O8. The molecule has 0 aromatic heterocycles. The molecule has 8 rings (SSSR count). The number of nitrogens with zero attached hydrogens (tertiary/aromatic N) is 4. The number of imide groups is 4. The van der Waals surface area contributed by atoms with Gasteiger partial charge >= 0.3 is 0 Å². The SMILES string of the molecule is [B][B]c1c(C)c(C(C)(C)c2c(C)c(C)c3c(c2C)C(=O)N(C2CCC(N4C(=O)C(C)=C(C)C4=O)CC2)C3=O)c([B])c2c1C(=O)N(C1CCC(N3C(=O)C(C)=C(C)C3=O)CC1)C2=O. The van der Waals surface area contributed by atoms with E-state index in [1.54, 1.807) is 27.7 Å². The summed E-state index contributed by atoms with van der Waals surface area (Å²) in [5.41, 5.74) is 6.20. The molecule has 2 aromatic carbocycles. The summed E-state index contributed by atoms with van der Waals surface area (Å²) in [4.78, 5) is 115. The second kappa shape index (κ2) is 14.9. The highest BCUT2D eigenvalue weighted by Gasteiger charge is 2.50. The fourth-order valence-corrected chi connectivity index (χ4v) is 11.8. The highest BCUT2D eigenvalue weighted by atomic mass is 16.2. The van der Waals surface area contributed by atoms with Crippen LogP contribution in [0.15, 0.2) is 22.3 Å². The summed E-state index contributed by atoms with van der Waals surface area (Å²) in [7, 11) is 14.7. The van der Waals surface area contributed by atoms with Crippen LogP contribution in [-0.4, -0.2) is 114 Å². The van der Waals surface area contributed by atoms with Crippen molar-refractivity contribution in [2.45, 2.75) is 150 Å². The highest BCUT2D eigenvalue weighted by molar-refractivity contribution is 6.98. The lowest BCUT2D eigenvalue weighted by Crippen LogP contribution is -2.48. The molecule has 5 radical (unpaired) electrons. The third-order valence-electron chi connectivity index (χ3n) is 15.4. The summed E-state index contributed by atoms with van der Waals surface area (Å²) >= 11 is 0. The van der Waals surface area contributed by atoms with Gasteiger partial charge in [-0.2, -0.15) is 0 Å². The minimum absolute atomic E-state index is 0.0718. The fourth-order valence-electron chi connectivity index (χ4n) is 11.8. The number of amides is 8. The molecule has 315 valence electrons. The lowest BCUT2D eigenvalue weighted by Gasteiger charge is -2.37. The molecule has 6 aliphatic rings. The third kappa shape index (κ3) is 5.81. The second-order valence-electron chi connectivity index (χ2n) is 18.7. The summed E-state index contributed by atoms with van der Waals surface area (Å²) < 4.78 is 0. The van der Waals surface area contributed by atoms with Crippen LogP contribution in [0.2, 0.25) is 0 Å². The van der Waals surface area contributed by atoms with Crippen molar-refractivity contribution in [2.75, 3.05) is 0 Å². The zero-order chi connectivity index (χ0) is 45.3. The van der Waals surface area contributed by atoms with Gasteiger partial charge in [0.05, 0.1) is 18.3 Å². The lowest BCUT2D eigenvalue weighted by atomic mass is 9.47. The molecule has 0 spiro atoms. The molecule has 2 fully saturated rings. The zero-order valence-electron chi connectivity index (χ0n) is 37.3. The average molecular weight is 831 g/mol. The topological polar surface area (TPSA) is 150 Å². The number of carbonyl (C=O) groups excluding carboxylic acids is 8. The van der Waals surface area contributed by atoms with Crippen LogP contribution >= 0.6 is 0 Å². The van der Waals surface area contributed by atoms with Gasteiger partial charge in [0.2, 0.25) is 0 Å². The van der Waals surface area contributed by atoms with Crippen LogP contribution < -0.4 is 10.9 Å². The minimum Gasteiger partial charge on any atom is -0.272 e. The van der Waals surface area contributed by atoms with E-state index >= 15 is 0 Å². The number of carbonyl (C=O) groups is 8. The Hall–Kier alpha value is -5.33. The molecule has 0 atom stereocenters. The van der Waals surface area contributed by atoms with Crippen LogP contribution in [0.1, 0.15) is 168 Å². The van der Waals surface area contributed by atoms with E-state index in [1.807, 2.05) is 41.5 Å². The van der Waals surface area contributed by atoms with Gasteiger partial charge in [0.1, 0.15) is 7.85 Å². The van der Waals surface area contributed by atoms with Gasteiger partial charge in [0.15, 0.2) is 0 Å². The van der Waals surface area contributed by atoms with Crippen molar-refractivity contribution in [1.29, 1.82) is 0 Å². The van der Waals surface area contributed by atoms with Crippen LogP contribution in [0.25, 0.3) is 0 Å². The van der Waals surface area contributed by atoms with Crippen LogP contribution in [0.5, 0.6) is 0 Å². The Labute approximate surface area is 365 Å². The Morgan fingerprint density at radius 2 is 0.726 bits per heavy atom. The maximum atomic E-state index is 14.6. The van der Waals surface area contributed by atoms with Crippen molar-refractivity contribution in [1.82, 2.24) is 19.6 Å². The van der Waals surface area contributed by atoms with Crippen molar-refractivity contribution >= 4 is 80.9 Å². The second-order valence-corrected chi connectivity index (χ2v) is 18.7. The van der Waals surface area contributed by atoms with Crippen LogP contribution in [0, 0.1) is 27.7 Å². The molecule has 12 nitrogen and oxygen atoms in total. The van der Waals surface area contributed by atoms with Gasteiger partial charge in [0, 0.05) is 70.7 Å². The monoisotopic (exact) mass is 831 g/mol. The van der Waals surface area contributed by atoms with E-state index in [-0.39, 0.29) is 58.2 Å². The van der Waals surface area contributed by atoms with Gasteiger partial charge in [-0.3, -0.25) is 58.0 Å². The van der Waals surface area contributed by atoms with Crippen molar-refractivity contribution in [2.24, 2.45) is 0 Å². The van der Waals surface area contributed by atoms with Crippen molar-refractivity contribution in [3.63, 3.8) is 0 Å². The number of hydrogen-bond donors (Lipinski definition) is 0. The predicted octanol–water partition coefficient (Wildman–Crippen LogP) is 3.68. The molecule has 0 N–H and O–H groups in total. The molecule has 0 saturated heterocycles. The van der Waals surface area contributed by atoms with Crippen molar-refractivity contribution < 1.29 is 38.4 Å². The van der Waals surface area contributed by atoms with E-state index in [2.05, 4.69) is 0 Å². The van der Waals surface area contributed by atoms with Gasteiger partial charge in [-0.1, -0.05) is 30.3 Å². The molecular weight excluding hydrogens is 781 g/mol. The summed E-state index contributed by atoms with van der Waals surface area (Å²) in [5.74, 6) is -2.95. The van der Waals surface area contributed by atoms with E-state index < -0.39 is 35.2 Å². The average Bonchev–Trinajstić information content (AvgIpc) is 3.80. The minimum atomic E-state index is -0.975. The Balaban J connectivity index is 1.09.